The van der Waals surface area contributed by atoms with Gasteiger partial charge in [0.15, 0.2) is 0 Å². The number of rotatable bonds is 7. The second kappa shape index (κ2) is 13.6. The number of carbonyl (C=O) groups excluding carboxylic acids is 4. The van der Waals surface area contributed by atoms with E-state index in [0.29, 0.717) is 31.6 Å². The summed E-state index contributed by atoms with van der Waals surface area (Å²) in [5, 5.41) is 2.92. The third-order valence-corrected chi connectivity index (χ3v) is 11.4. The van der Waals surface area contributed by atoms with E-state index < -0.39 is 48.2 Å². The first kappa shape index (κ1) is 34.9. The van der Waals surface area contributed by atoms with Crippen LogP contribution < -0.4 is 5.32 Å². The summed E-state index contributed by atoms with van der Waals surface area (Å²) < 4.78 is 31.6. The Morgan fingerprint density at radius 2 is 1.56 bits per heavy atom. The molecular weight excluding hydrogens is 664 g/mol. The van der Waals surface area contributed by atoms with Gasteiger partial charge in [-0.05, 0) is 78.5 Å². The maximum absolute atomic E-state index is 15.8. The van der Waals surface area contributed by atoms with E-state index in [4.69, 9.17) is 11.6 Å². The molecule has 4 amide bonds. The number of piperazine rings is 1. The molecule has 2 aromatic carbocycles. The quantitative estimate of drug-likeness (QED) is 0.394. The number of amides is 4. The molecule has 7 rings (SSSR count). The fourth-order valence-electron chi connectivity index (χ4n) is 8.42. The number of piperidine rings is 2. The number of halogens is 3. The minimum absolute atomic E-state index is 0.0395. The predicted octanol–water partition coefficient (Wildman–Crippen LogP) is 5.23. The van der Waals surface area contributed by atoms with Crippen molar-refractivity contribution in [2.75, 3.05) is 45.8 Å². The van der Waals surface area contributed by atoms with Gasteiger partial charge in [0.2, 0.25) is 11.8 Å². The maximum Gasteiger partial charge on any atom is 0.275 e. The van der Waals surface area contributed by atoms with E-state index >= 15 is 8.78 Å². The third-order valence-electron chi connectivity index (χ3n) is 11.2. The van der Waals surface area contributed by atoms with Gasteiger partial charge in [0.05, 0.1) is 23.7 Å². The molecule has 3 fully saturated rings. The maximum atomic E-state index is 15.8. The average molecular weight is 708 g/mol. The summed E-state index contributed by atoms with van der Waals surface area (Å²) in [7, 11) is 0. The van der Waals surface area contributed by atoms with Crippen LogP contribution >= 0.6 is 11.6 Å². The molecule has 50 heavy (non-hydrogen) atoms. The molecule has 3 saturated heterocycles. The minimum Gasteiger partial charge on any atom is -0.297 e. The van der Waals surface area contributed by atoms with E-state index in [0.717, 1.165) is 48.8 Å². The number of imide groups is 2. The van der Waals surface area contributed by atoms with Gasteiger partial charge < -0.3 is 0 Å². The van der Waals surface area contributed by atoms with Crippen LogP contribution in [0.3, 0.4) is 0 Å². The average Bonchev–Trinajstić information content (AvgIpc) is 3.31. The Labute approximate surface area is 296 Å². The molecule has 12 heteroatoms. The standard InChI is InChI=1S/C38H44ClF2N5O4/c1-37(2)13-11-26(30(20-37)25-4-6-27(39)7-5-25)22-43-15-17-45(18-16-43)32-12-14-44(23-38(32,40)41)21-24-3-8-28-29(19-24)36(50)46(35(28)49)31-9-10-33(47)42-34(31)48/h3-8,19,31-32H,9-18,20-23H2,1-2H3,(H,42,47,48). The summed E-state index contributed by atoms with van der Waals surface area (Å²) in [5.41, 5.74) is 5.27. The van der Waals surface area contributed by atoms with Gasteiger partial charge in [0, 0.05) is 57.3 Å². The first-order valence-electron chi connectivity index (χ1n) is 17.7. The molecular formula is C38H44ClF2N5O4. The number of hydrogen-bond donors (Lipinski definition) is 1. The monoisotopic (exact) mass is 707 g/mol. The number of nitrogens with zero attached hydrogens (tertiary/aromatic N) is 4. The number of nitrogens with one attached hydrogen (secondary N) is 1. The summed E-state index contributed by atoms with van der Waals surface area (Å²) in [6.07, 6.45) is 3.62. The van der Waals surface area contributed by atoms with Crippen LogP contribution in [-0.2, 0) is 16.1 Å². The lowest BCUT2D eigenvalue weighted by Gasteiger charge is -2.46. The Hall–Kier alpha value is -3.51. The van der Waals surface area contributed by atoms with Crippen LogP contribution in [-0.4, -0.2) is 107 Å². The molecule has 0 aromatic heterocycles. The number of alkyl halides is 2. The molecule has 0 spiro atoms. The summed E-state index contributed by atoms with van der Waals surface area (Å²) in [5.74, 6) is -5.20. The fraction of sp³-hybridized carbons (Fsp3) is 0.526. The Kier molecular flexibility index (Phi) is 9.47. The van der Waals surface area contributed by atoms with Gasteiger partial charge in [-0.3, -0.25) is 44.1 Å². The second-order valence-electron chi connectivity index (χ2n) is 15.3. The van der Waals surface area contributed by atoms with Crippen molar-refractivity contribution in [2.24, 2.45) is 5.41 Å². The van der Waals surface area contributed by atoms with Gasteiger partial charge in [-0.15, -0.1) is 0 Å². The number of hydrogen-bond acceptors (Lipinski definition) is 7. The zero-order valence-corrected chi connectivity index (χ0v) is 29.4. The van der Waals surface area contributed by atoms with Crippen molar-refractivity contribution >= 4 is 40.8 Å². The second-order valence-corrected chi connectivity index (χ2v) is 15.8. The Balaban J connectivity index is 0.952. The molecule has 2 aromatic rings. The molecule has 1 N–H and O–H groups in total. The van der Waals surface area contributed by atoms with E-state index in [1.807, 2.05) is 17.0 Å². The van der Waals surface area contributed by atoms with E-state index in [1.54, 1.807) is 17.0 Å². The highest BCUT2D eigenvalue weighted by atomic mass is 35.5. The van der Waals surface area contributed by atoms with Gasteiger partial charge in [0.1, 0.15) is 6.04 Å². The lowest BCUT2D eigenvalue weighted by atomic mass is 9.72. The van der Waals surface area contributed by atoms with Gasteiger partial charge in [-0.1, -0.05) is 49.2 Å². The number of likely N-dealkylation sites (tertiary alicyclic amines) is 1. The van der Waals surface area contributed by atoms with E-state index in [1.165, 1.54) is 22.8 Å². The smallest absolute Gasteiger partial charge is 0.275 e. The van der Waals surface area contributed by atoms with E-state index in [2.05, 4.69) is 36.2 Å². The van der Waals surface area contributed by atoms with Crippen molar-refractivity contribution in [3.8, 4) is 0 Å². The zero-order chi connectivity index (χ0) is 35.4. The number of carbonyl (C=O) groups is 4. The molecule has 266 valence electrons. The van der Waals surface area contributed by atoms with Crippen molar-refractivity contribution in [1.82, 2.24) is 24.9 Å². The van der Waals surface area contributed by atoms with E-state index in [-0.39, 0.29) is 35.9 Å². The molecule has 4 aliphatic heterocycles. The molecule has 0 saturated carbocycles. The van der Waals surface area contributed by atoms with Gasteiger partial charge >= 0.3 is 0 Å². The molecule has 0 bridgehead atoms. The number of allylic oxidation sites excluding steroid dienone is 1. The van der Waals surface area contributed by atoms with Gasteiger partial charge in [-0.2, -0.15) is 0 Å². The highest BCUT2D eigenvalue weighted by molar-refractivity contribution is 6.30. The third kappa shape index (κ3) is 7.02. The number of fused-ring (bicyclic) bond motifs is 1. The van der Waals surface area contributed by atoms with Crippen LogP contribution in [0.1, 0.15) is 84.2 Å². The van der Waals surface area contributed by atoms with Gasteiger partial charge in [-0.25, -0.2) is 8.78 Å². The lowest BCUT2D eigenvalue weighted by Crippen LogP contribution is -2.61. The molecule has 2 unspecified atom stereocenters. The molecule has 0 radical (unpaired) electrons. The first-order valence-corrected chi connectivity index (χ1v) is 18.0. The normalized spacial score (nSPS) is 26.4. The topological polar surface area (TPSA) is 93.3 Å². The molecule has 5 aliphatic rings. The van der Waals surface area contributed by atoms with Crippen LogP contribution in [0, 0.1) is 5.41 Å². The van der Waals surface area contributed by atoms with Crippen molar-refractivity contribution in [1.29, 1.82) is 0 Å². The van der Waals surface area contributed by atoms with Crippen LogP contribution in [0.2, 0.25) is 5.02 Å². The van der Waals surface area contributed by atoms with Gasteiger partial charge in [0.25, 0.3) is 17.7 Å². The zero-order valence-electron chi connectivity index (χ0n) is 28.7. The number of benzene rings is 2. The summed E-state index contributed by atoms with van der Waals surface area (Å²) >= 11 is 6.18. The first-order chi connectivity index (χ1) is 23.8. The highest BCUT2D eigenvalue weighted by Crippen LogP contribution is 2.43. The minimum atomic E-state index is -2.91. The summed E-state index contributed by atoms with van der Waals surface area (Å²) in [4.78, 5) is 57.3. The molecule has 4 heterocycles. The van der Waals surface area contributed by atoms with Crippen molar-refractivity contribution < 1.29 is 28.0 Å². The molecule has 1 aliphatic carbocycles. The molecule has 2 atom stereocenters. The predicted molar refractivity (Wildman–Crippen MR) is 186 cm³/mol. The van der Waals surface area contributed by atoms with E-state index in [9.17, 15) is 19.2 Å². The Morgan fingerprint density at radius 1 is 0.840 bits per heavy atom. The largest absolute Gasteiger partial charge is 0.297 e. The summed E-state index contributed by atoms with van der Waals surface area (Å²) in [6.45, 7) is 8.48. The SMILES string of the molecule is CC1(C)CCC(CN2CCN(C3CCN(Cc4ccc5c(c4)C(=O)N(C4CCC(=O)NC4=O)C5=O)CC3(F)F)CC2)=C(c2ccc(Cl)cc2)C1. The van der Waals surface area contributed by atoms with Crippen molar-refractivity contribution in [3.63, 3.8) is 0 Å². The van der Waals surface area contributed by atoms with Crippen LogP contribution in [0.4, 0.5) is 8.78 Å². The van der Waals surface area contributed by atoms with Crippen molar-refractivity contribution in [3.05, 3.63) is 75.3 Å². The van der Waals surface area contributed by atoms with Crippen LogP contribution in [0.25, 0.3) is 5.57 Å². The lowest BCUT2D eigenvalue weighted by molar-refractivity contribution is -0.136. The summed E-state index contributed by atoms with van der Waals surface area (Å²) in [6, 6.07) is 11.0. The van der Waals surface area contributed by atoms with Crippen LogP contribution in [0.15, 0.2) is 48.0 Å². The van der Waals surface area contributed by atoms with Crippen LogP contribution in [0.5, 0.6) is 0 Å². The Morgan fingerprint density at radius 3 is 2.26 bits per heavy atom. The highest BCUT2D eigenvalue weighted by Gasteiger charge is 2.48. The molecule has 9 nitrogen and oxygen atoms in total. The van der Waals surface area contributed by atoms with Crippen molar-refractivity contribution in [2.45, 2.75) is 76.9 Å². The Bertz CT molecular complexity index is 1740. The fourth-order valence-corrected chi connectivity index (χ4v) is 8.55.